The minimum atomic E-state index is -1.80. The Balaban J connectivity index is 1.74. The second-order valence-electron chi connectivity index (χ2n) is 9.40. The highest BCUT2D eigenvalue weighted by atomic mass is 35.6. The van der Waals surface area contributed by atoms with E-state index in [9.17, 15) is 14.4 Å². The van der Waals surface area contributed by atoms with Gasteiger partial charge in [0.05, 0.1) is 16.3 Å². The number of carbonyl (C=O) groups is 3. The Morgan fingerprint density at radius 1 is 1.02 bits per heavy atom. The average Bonchev–Trinajstić information content (AvgIpc) is 3.12. The Morgan fingerprint density at radius 3 is 2.17 bits per heavy atom. The van der Waals surface area contributed by atoms with Gasteiger partial charge in [0.1, 0.15) is 19.0 Å². The first-order chi connectivity index (χ1) is 19.1. The molecule has 41 heavy (non-hydrogen) atoms. The van der Waals surface area contributed by atoms with Gasteiger partial charge in [0.25, 0.3) is 5.91 Å². The SMILES string of the molecule is CC#C[C@H](C)Oc1cc(NC(=O)OCC(Cl)(Cl)Cl)c(Cl)cc1C(=O)NC1CC2CCC(C1)N2C(=O)OCC(Cl)(Cl)Cl. The van der Waals surface area contributed by atoms with Gasteiger partial charge in [-0.2, -0.15) is 0 Å². The standard InChI is InChI=1S/C25H26Cl7N3O6/c1-3-4-13(2)41-20-10-19(34-22(37)39-11-24(27,28)29)18(26)9-17(20)21(36)33-14-7-15-5-6-16(8-14)35(15)23(38)40-12-25(30,31)32/h9-10,13-16H,5-8,11-12H2,1-2H3,(H,33,36)(H,34,37)/t13-,14?,15?,16?/m0/s1. The zero-order chi connectivity index (χ0) is 30.5. The third kappa shape index (κ3) is 10.4. The van der Waals surface area contributed by atoms with E-state index in [0.717, 1.165) is 12.8 Å². The van der Waals surface area contributed by atoms with Crippen LogP contribution in [-0.2, 0) is 9.47 Å². The molecule has 1 aromatic carbocycles. The van der Waals surface area contributed by atoms with Gasteiger partial charge < -0.3 is 24.4 Å². The molecule has 16 heteroatoms. The Bertz CT molecular complexity index is 1200. The molecular formula is C25H26Cl7N3O6. The van der Waals surface area contributed by atoms with Crippen molar-refractivity contribution in [3.8, 4) is 17.6 Å². The Kier molecular flexibility index (Phi) is 12.0. The van der Waals surface area contributed by atoms with E-state index in [4.69, 9.17) is 95.4 Å². The maximum absolute atomic E-state index is 13.4. The van der Waals surface area contributed by atoms with Gasteiger partial charge in [-0.3, -0.25) is 10.1 Å². The minimum Gasteiger partial charge on any atom is -0.477 e. The molecule has 2 fully saturated rings. The van der Waals surface area contributed by atoms with Crippen LogP contribution in [0.1, 0.15) is 49.9 Å². The monoisotopic (exact) mass is 709 g/mol. The van der Waals surface area contributed by atoms with Crippen molar-refractivity contribution in [1.29, 1.82) is 0 Å². The third-order valence-corrected chi connectivity index (χ3v) is 7.17. The molecule has 0 radical (unpaired) electrons. The van der Waals surface area contributed by atoms with Crippen molar-refractivity contribution < 1.29 is 28.6 Å². The molecule has 2 aliphatic heterocycles. The molecule has 9 nitrogen and oxygen atoms in total. The smallest absolute Gasteiger partial charge is 0.411 e. The first-order valence-corrected chi connectivity index (χ1v) is 15.0. The summed E-state index contributed by atoms with van der Waals surface area (Å²) in [6.07, 6.45) is 0.428. The van der Waals surface area contributed by atoms with E-state index in [1.165, 1.54) is 12.1 Å². The van der Waals surface area contributed by atoms with Crippen LogP contribution in [0.2, 0.25) is 5.02 Å². The number of rotatable bonds is 7. The Morgan fingerprint density at radius 2 is 1.61 bits per heavy atom. The van der Waals surface area contributed by atoms with Crippen molar-refractivity contribution in [2.75, 3.05) is 18.5 Å². The van der Waals surface area contributed by atoms with Crippen LogP contribution >= 0.6 is 81.2 Å². The number of hydrogen-bond acceptors (Lipinski definition) is 6. The lowest BCUT2D eigenvalue weighted by molar-refractivity contribution is 0.0618. The number of anilines is 1. The van der Waals surface area contributed by atoms with Crippen molar-refractivity contribution in [3.63, 3.8) is 0 Å². The van der Waals surface area contributed by atoms with Crippen molar-refractivity contribution in [3.05, 3.63) is 22.7 Å². The number of piperidine rings is 1. The number of ether oxygens (including phenoxy) is 3. The van der Waals surface area contributed by atoms with Gasteiger partial charge >= 0.3 is 12.2 Å². The summed E-state index contributed by atoms with van der Waals surface area (Å²) >= 11 is 40.3. The van der Waals surface area contributed by atoms with Crippen molar-refractivity contribution in [2.45, 2.75) is 71.3 Å². The van der Waals surface area contributed by atoms with E-state index in [1.54, 1.807) is 18.7 Å². The summed E-state index contributed by atoms with van der Waals surface area (Å²) in [4.78, 5) is 39.9. The number of nitrogens with zero attached hydrogens (tertiary/aromatic N) is 1. The minimum absolute atomic E-state index is 0.0362. The van der Waals surface area contributed by atoms with E-state index in [2.05, 4.69) is 22.5 Å². The molecule has 2 heterocycles. The van der Waals surface area contributed by atoms with E-state index in [0.29, 0.717) is 12.8 Å². The number of hydrogen-bond donors (Lipinski definition) is 2. The fraction of sp³-hybridized carbons (Fsp3) is 0.560. The number of alkyl halides is 6. The summed E-state index contributed by atoms with van der Waals surface area (Å²) < 4.78 is 12.4. The van der Waals surface area contributed by atoms with Gasteiger partial charge in [0.2, 0.25) is 7.59 Å². The fourth-order valence-corrected chi connectivity index (χ4v) is 5.25. The number of carbonyl (C=O) groups excluding carboxylic acids is 3. The van der Waals surface area contributed by atoms with Gasteiger partial charge in [-0.1, -0.05) is 87.1 Å². The van der Waals surface area contributed by atoms with Crippen LogP contribution in [0.4, 0.5) is 15.3 Å². The van der Waals surface area contributed by atoms with Crippen LogP contribution in [0.3, 0.4) is 0 Å². The predicted molar refractivity (Wildman–Crippen MR) is 161 cm³/mol. The quantitative estimate of drug-likeness (QED) is 0.228. The molecule has 2 N–H and O–H groups in total. The van der Waals surface area contributed by atoms with E-state index < -0.39 is 38.4 Å². The van der Waals surface area contributed by atoms with E-state index in [-0.39, 0.29) is 46.8 Å². The summed E-state index contributed by atoms with van der Waals surface area (Å²) in [5.41, 5.74) is 0.223. The summed E-state index contributed by atoms with van der Waals surface area (Å²) in [7, 11) is 0. The summed E-state index contributed by atoms with van der Waals surface area (Å²) in [5, 5.41) is 5.49. The molecular weight excluding hydrogens is 686 g/mol. The predicted octanol–water partition coefficient (Wildman–Crippen LogP) is 7.28. The zero-order valence-corrected chi connectivity index (χ0v) is 27.0. The van der Waals surface area contributed by atoms with Crippen LogP contribution in [0.5, 0.6) is 5.75 Å². The van der Waals surface area contributed by atoms with Crippen LogP contribution in [-0.4, -0.2) is 68.0 Å². The summed E-state index contributed by atoms with van der Waals surface area (Å²) in [6.45, 7) is 2.48. The highest BCUT2D eigenvalue weighted by molar-refractivity contribution is 6.68. The first kappa shape index (κ1) is 34.1. The molecule has 2 unspecified atom stereocenters. The number of nitrogens with one attached hydrogen (secondary N) is 2. The molecule has 3 rings (SSSR count). The normalized spacial score (nSPS) is 20.8. The molecule has 0 aromatic heterocycles. The highest BCUT2D eigenvalue weighted by Gasteiger charge is 2.45. The lowest BCUT2D eigenvalue weighted by atomic mass is 9.97. The first-order valence-electron chi connectivity index (χ1n) is 12.3. The summed E-state index contributed by atoms with van der Waals surface area (Å²) in [5.74, 6) is 5.25. The molecule has 226 valence electrons. The van der Waals surface area contributed by atoms with Gasteiger partial charge in [-0.15, -0.1) is 5.92 Å². The van der Waals surface area contributed by atoms with E-state index in [1.807, 2.05) is 0 Å². The number of amides is 3. The summed E-state index contributed by atoms with van der Waals surface area (Å²) in [6, 6.07) is 2.21. The van der Waals surface area contributed by atoms with Crippen LogP contribution in [0.25, 0.3) is 0 Å². The lowest BCUT2D eigenvalue weighted by Crippen LogP contribution is -2.52. The Labute approximate surface area is 272 Å². The molecule has 0 saturated carbocycles. The van der Waals surface area contributed by atoms with Crippen LogP contribution < -0.4 is 15.4 Å². The lowest BCUT2D eigenvalue weighted by Gasteiger charge is -2.38. The second kappa shape index (κ2) is 14.4. The number of benzene rings is 1. The van der Waals surface area contributed by atoms with Gasteiger partial charge in [-0.25, -0.2) is 9.59 Å². The van der Waals surface area contributed by atoms with E-state index >= 15 is 0 Å². The van der Waals surface area contributed by atoms with Crippen LogP contribution in [0.15, 0.2) is 12.1 Å². The van der Waals surface area contributed by atoms with Crippen LogP contribution in [0, 0.1) is 11.8 Å². The highest BCUT2D eigenvalue weighted by Crippen LogP contribution is 2.38. The largest absolute Gasteiger partial charge is 0.477 e. The molecule has 0 aliphatic carbocycles. The molecule has 2 bridgehead atoms. The maximum atomic E-state index is 13.4. The second-order valence-corrected chi connectivity index (χ2v) is 14.8. The topological polar surface area (TPSA) is 106 Å². The van der Waals surface area contributed by atoms with Gasteiger partial charge in [0.15, 0.2) is 6.10 Å². The molecule has 2 aliphatic rings. The molecule has 3 atom stereocenters. The third-order valence-electron chi connectivity index (χ3n) is 6.21. The fourth-order valence-electron chi connectivity index (χ4n) is 4.71. The molecule has 3 amide bonds. The Hall–Kier alpha value is -1.38. The number of fused-ring (bicyclic) bond motifs is 2. The zero-order valence-electron chi connectivity index (χ0n) is 21.7. The maximum Gasteiger partial charge on any atom is 0.411 e. The van der Waals surface area contributed by atoms with Crippen molar-refractivity contribution in [1.82, 2.24) is 10.2 Å². The molecule has 1 aromatic rings. The average molecular weight is 713 g/mol. The van der Waals surface area contributed by atoms with Crippen molar-refractivity contribution in [2.24, 2.45) is 0 Å². The van der Waals surface area contributed by atoms with Gasteiger partial charge in [-0.05, 0) is 45.6 Å². The number of halogens is 7. The molecule has 0 spiro atoms. The molecule has 2 saturated heterocycles. The van der Waals surface area contributed by atoms with Gasteiger partial charge in [0, 0.05) is 24.2 Å². The van der Waals surface area contributed by atoms with Crippen molar-refractivity contribution >= 4 is 105 Å².